The average molecular weight is 377 g/mol. The first-order valence-electron chi connectivity index (χ1n) is 8.81. The Labute approximate surface area is 161 Å². The molecule has 2 aromatic heterocycles. The van der Waals surface area contributed by atoms with Gasteiger partial charge < -0.3 is 0 Å². The molecular weight excluding hydrogens is 358 g/mol. The Balaban J connectivity index is 1.63. The van der Waals surface area contributed by atoms with Crippen LogP contribution in [-0.4, -0.2) is 24.5 Å². The van der Waals surface area contributed by atoms with E-state index in [1.807, 2.05) is 47.0 Å². The van der Waals surface area contributed by atoms with E-state index < -0.39 is 0 Å². The molecule has 0 amide bonds. The van der Waals surface area contributed by atoms with E-state index >= 15 is 0 Å². The molecule has 1 atom stereocenters. The van der Waals surface area contributed by atoms with Gasteiger partial charge in [0, 0.05) is 11.8 Å². The van der Waals surface area contributed by atoms with Gasteiger partial charge >= 0.3 is 0 Å². The minimum atomic E-state index is -0.0927. The van der Waals surface area contributed by atoms with Crippen LogP contribution in [0.2, 0.25) is 0 Å². The molecule has 27 heavy (non-hydrogen) atoms. The summed E-state index contributed by atoms with van der Waals surface area (Å²) in [6.45, 7) is 2.52. The first-order chi connectivity index (χ1) is 13.1. The van der Waals surface area contributed by atoms with E-state index in [9.17, 15) is 4.79 Å². The molecule has 1 N–H and O–H groups in total. The Hall–Kier alpha value is -3.06. The van der Waals surface area contributed by atoms with Crippen LogP contribution in [0.25, 0.3) is 10.8 Å². The number of hydrogen-bond acceptors (Lipinski definition) is 4. The van der Waals surface area contributed by atoms with E-state index in [4.69, 9.17) is 12.2 Å². The maximum atomic E-state index is 12.6. The molecule has 0 spiro atoms. The molecule has 0 aliphatic carbocycles. The second-order valence-corrected chi connectivity index (χ2v) is 6.80. The van der Waals surface area contributed by atoms with Gasteiger partial charge in [-0.25, -0.2) is 4.68 Å². The molecule has 0 saturated carbocycles. The summed E-state index contributed by atoms with van der Waals surface area (Å²) in [5.74, 6) is 0.804. The monoisotopic (exact) mass is 377 g/mol. The number of aromatic nitrogens is 5. The molecule has 0 bridgehead atoms. The topological polar surface area (TPSA) is 68.5 Å². The van der Waals surface area contributed by atoms with Crippen LogP contribution in [0.1, 0.15) is 24.4 Å². The zero-order valence-corrected chi connectivity index (χ0v) is 15.7. The lowest BCUT2D eigenvalue weighted by Gasteiger charge is -2.16. The van der Waals surface area contributed by atoms with E-state index in [1.54, 1.807) is 6.20 Å². The molecule has 6 nitrogen and oxygen atoms in total. The zero-order chi connectivity index (χ0) is 18.8. The molecule has 0 fully saturated rings. The van der Waals surface area contributed by atoms with Crippen LogP contribution in [0.15, 0.2) is 65.6 Å². The lowest BCUT2D eigenvalue weighted by molar-refractivity contribution is 0.534. The predicted molar refractivity (Wildman–Crippen MR) is 107 cm³/mol. The molecule has 0 aliphatic rings. The molecule has 4 aromatic rings. The second-order valence-electron chi connectivity index (χ2n) is 6.41. The van der Waals surface area contributed by atoms with Crippen LogP contribution in [0.4, 0.5) is 0 Å². The molecule has 1 unspecified atom stereocenters. The number of benzene rings is 2. The minimum absolute atomic E-state index is 0.0498. The Morgan fingerprint density at radius 1 is 1.11 bits per heavy atom. The highest BCUT2D eigenvalue weighted by Gasteiger charge is 2.15. The average Bonchev–Trinajstić information content (AvgIpc) is 3.08. The number of aryl methyl sites for hydroxylation is 2. The number of fused-ring (bicyclic) bond motifs is 1. The Kier molecular flexibility index (Phi) is 4.68. The summed E-state index contributed by atoms with van der Waals surface area (Å²) >= 11 is 5.43. The predicted octanol–water partition coefficient (Wildman–Crippen LogP) is 3.50. The van der Waals surface area contributed by atoms with Gasteiger partial charge in [-0.1, -0.05) is 48.5 Å². The van der Waals surface area contributed by atoms with Crippen molar-refractivity contribution in [2.45, 2.75) is 25.9 Å². The fourth-order valence-electron chi connectivity index (χ4n) is 3.29. The van der Waals surface area contributed by atoms with Gasteiger partial charge in [0.2, 0.25) is 0 Å². The van der Waals surface area contributed by atoms with Crippen LogP contribution in [0.5, 0.6) is 0 Å². The molecule has 0 aliphatic heterocycles. The van der Waals surface area contributed by atoms with Gasteiger partial charge in [0.25, 0.3) is 5.56 Å². The molecular formula is C20H19N5OS. The first-order valence-corrected chi connectivity index (χ1v) is 9.21. The van der Waals surface area contributed by atoms with Crippen LogP contribution >= 0.6 is 12.2 Å². The Morgan fingerprint density at radius 2 is 1.85 bits per heavy atom. The zero-order valence-electron chi connectivity index (χ0n) is 14.9. The van der Waals surface area contributed by atoms with Gasteiger partial charge in [-0.3, -0.25) is 14.5 Å². The van der Waals surface area contributed by atoms with E-state index in [0.717, 1.165) is 16.8 Å². The van der Waals surface area contributed by atoms with Crippen molar-refractivity contribution < 1.29 is 0 Å². The maximum Gasteiger partial charge on any atom is 0.274 e. The summed E-state index contributed by atoms with van der Waals surface area (Å²) in [7, 11) is 0. The Morgan fingerprint density at radius 3 is 2.67 bits per heavy atom. The molecule has 7 heteroatoms. The SMILES string of the molecule is CC(c1ccccc1)n1c(CCn2ncc3ccccc3c2=O)n[nH]c1=S. The summed E-state index contributed by atoms with van der Waals surface area (Å²) in [4.78, 5) is 12.6. The highest BCUT2D eigenvalue weighted by Crippen LogP contribution is 2.19. The van der Waals surface area contributed by atoms with Crippen LogP contribution in [-0.2, 0) is 13.0 Å². The van der Waals surface area contributed by atoms with Gasteiger partial charge in [0.15, 0.2) is 4.77 Å². The first kappa shape index (κ1) is 17.4. The lowest BCUT2D eigenvalue weighted by Crippen LogP contribution is -2.24. The molecule has 2 aromatic carbocycles. The van der Waals surface area contributed by atoms with Gasteiger partial charge in [-0.15, -0.1) is 0 Å². The third-order valence-corrected chi connectivity index (χ3v) is 5.04. The number of hydrogen-bond donors (Lipinski definition) is 1. The van der Waals surface area contributed by atoms with Gasteiger partial charge in [0.05, 0.1) is 24.2 Å². The van der Waals surface area contributed by atoms with Gasteiger partial charge in [0.1, 0.15) is 5.82 Å². The maximum absolute atomic E-state index is 12.6. The lowest BCUT2D eigenvalue weighted by atomic mass is 10.1. The largest absolute Gasteiger partial charge is 0.297 e. The number of nitrogens with zero attached hydrogens (tertiary/aromatic N) is 4. The molecule has 2 heterocycles. The minimum Gasteiger partial charge on any atom is -0.297 e. The van der Waals surface area contributed by atoms with Crippen LogP contribution < -0.4 is 5.56 Å². The highest BCUT2D eigenvalue weighted by atomic mass is 32.1. The van der Waals surface area contributed by atoms with Gasteiger partial charge in [-0.05, 0) is 30.8 Å². The Bertz CT molecular complexity index is 1190. The summed E-state index contributed by atoms with van der Waals surface area (Å²) in [5, 5.41) is 13.1. The van der Waals surface area contributed by atoms with Crippen LogP contribution in [0, 0.1) is 4.77 Å². The van der Waals surface area contributed by atoms with Crippen molar-refractivity contribution in [3.63, 3.8) is 0 Å². The van der Waals surface area contributed by atoms with Crippen molar-refractivity contribution in [3.05, 3.63) is 87.3 Å². The number of rotatable bonds is 5. The number of aromatic amines is 1. The van der Waals surface area contributed by atoms with E-state index in [2.05, 4.69) is 34.4 Å². The van der Waals surface area contributed by atoms with Gasteiger partial charge in [-0.2, -0.15) is 10.2 Å². The van der Waals surface area contributed by atoms with E-state index in [-0.39, 0.29) is 11.6 Å². The highest BCUT2D eigenvalue weighted by molar-refractivity contribution is 7.71. The quantitative estimate of drug-likeness (QED) is 0.541. The van der Waals surface area contributed by atoms with Crippen molar-refractivity contribution in [2.24, 2.45) is 0 Å². The molecule has 136 valence electrons. The number of H-pyrrole nitrogens is 1. The summed E-state index contributed by atoms with van der Waals surface area (Å²) in [5.41, 5.74) is 1.06. The standard InChI is InChI=1S/C20H19N5OS/c1-14(15-7-3-2-4-8-15)25-18(22-23-20(25)27)11-12-24-19(26)17-10-6-5-9-16(17)13-21-24/h2-10,13-14H,11-12H2,1H3,(H,23,27). The van der Waals surface area contributed by atoms with E-state index in [0.29, 0.717) is 23.1 Å². The molecule has 0 saturated heterocycles. The van der Waals surface area contributed by atoms with Crippen molar-refractivity contribution in [1.29, 1.82) is 0 Å². The summed E-state index contributed by atoms with van der Waals surface area (Å²) in [6.07, 6.45) is 2.27. The second kappa shape index (κ2) is 7.28. The summed E-state index contributed by atoms with van der Waals surface area (Å²) in [6, 6.07) is 17.7. The molecule has 4 rings (SSSR count). The van der Waals surface area contributed by atoms with Crippen molar-refractivity contribution >= 4 is 23.0 Å². The molecule has 0 radical (unpaired) electrons. The van der Waals surface area contributed by atoms with Crippen molar-refractivity contribution in [3.8, 4) is 0 Å². The van der Waals surface area contributed by atoms with Crippen molar-refractivity contribution in [2.75, 3.05) is 0 Å². The normalized spacial score (nSPS) is 12.3. The fourth-order valence-corrected chi connectivity index (χ4v) is 3.60. The number of nitrogens with one attached hydrogen (secondary N) is 1. The van der Waals surface area contributed by atoms with Crippen LogP contribution in [0.3, 0.4) is 0 Å². The van der Waals surface area contributed by atoms with Crippen molar-refractivity contribution in [1.82, 2.24) is 24.5 Å². The summed E-state index contributed by atoms with van der Waals surface area (Å²) < 4.78 is 4.05. The third-order valence-electron chi connectivity index (χ3n) is 4.76. The third kappa shape index (κ3) is 3.33. The fraction of sp³-hybridized carbons (Fsp3) is 0.200. The van der Waals surface area contributed by atoms with E-state index in [1.165, 1.54) is 4.68 Å². The smallest absolute Gasteiger partial charge is 0.274 e.